The van der Waals surface area contributed by atoms with Crippen LogP contribution in [0.25, 0.3) is 0 Å². The van der Waals surface area contributed by atoms with E-state index in [-0.39, 0.29) is 12.3 Å². The van der Waals surface area contributed by atoms with Crippen molar-refractivity contribution in [3.8, 4) is 5.75 Å². The van der Waals surface area contributed by atoms with E-state index in [1.807, 2.05) is 12.1 Å². The third-order valence-corrected chi connectivity index (χ3v) is 10.2. The third kappa shape index (κ3) is 7.87. The summed E-state index contributed by atoms with van der Waals surface area (Å²) in [5.41, 5.74) is 2.65. The largest absolute Gasteiger partial charge is 0.494 e. The molecule has 3 aliphatic heterocycles. The lowest BCUT2D eigenvalue weighted by Gasteiger charge is -2.43. The van der Waals surface area contributed by atoms with Gasteiger partial charge in [-0.15, -0.1) is 0 Å². The van der Waals surface area contributed by atoms with E-state index in [4.69, 9.17) is 9.57 Å². The van der Waals surface area contributed by atoms with E-state index in [2.05, 4.69) is 47.9 Å². The molecule has 4 heterocycles. The number of carbonyl (C=O) groups is 1. The number of nitrogens with zero attached hydrogens (tertiary/aromatic N) is 6. The van der Waals surface area contributed by atoms with Crippen molar-refractivity contribution in [1.29, 1.82) is 0 Å². The van der Waals surface area contributed by atoms with Gasteiger partial charge in [0.05, 0.1) is 36.8 Å². The molecular weight excluding hydrogens is 651 g/mol. The number of piperazine rings is 1. The van der Waals surface area contributed by atoms with Gasteiger partial charge in [0.2, 0.25) is 5.91 Å². The van der Waals surface area contributed by atoms with Gasteiger partial charge in [0.1, 0.15) is 29.5 Å². The molecular formula is C35H44F2N8O3S. The van der Waals surface area contributed by atoms with Crippen molar-refractivity contribution < 1.29 is 23.1 Å². The molecule has 3 saturated heterocycles. The van der Waals surface area contributed by atoms with Gasteiger partial charge in [0.15, 0.2) is 5.82 Å². The van der Waals surface area contributed by atoms with Crippen molar-refractivity contribution in [2.24, 2.45) is 0 Å². The van der Waals surface area contributed by atoms with E-state index in [0.717, 1.165) is 56.8 Å². The Labute approximate surface area is 291 Å². The summed E-state index contributed by atoms with van der Waals surface area (Å²) in [6.45, 7) is 6.74. The van der Waals surface area contributed by atoms with Crippen molar-refractivity contribution in [3.05, 3.63) is 59.9 Å². The molecule has 2 aromatic carbocycles. The van der Waals surface area contributed by atoms with Gasteiger partial charge >= 0.3 is 0 Å². The van der Waals surface area contributed by atoms with Crippen LogP contribution < -0.4 is 25.3 Å². The minimum absolute atomic E-state index is 0.119. The molecule has 0 radical (unpaired) electrons. The fraction of sp³-hybridized carbons (Fsp3) is 0.514. The fourth-order valence-corrected chi connectivity index (χ4v) is 7.53. The second kappa shape index (κ2) is 15.0. The molecule has 0 spiro atoms. The van der Waals surface area contributed by atoms with Crippen LogP contribution in [0.4, 0.5) is 37.5 Å². The Morgan fingerprint density at radius 3 is 2.24 bits per heavy atom. The van der Waals surface area contributed by atoms with Crippen LogP contribution in [-0.4, -0.2) is 96.5 Å². The average Bonchev–Trinajstić information content (AvgIpc) is 3.84. The highest BCUT2D eigenvalue weighted by Gasteiger charge is 2.34. The molecule has 0 unspecified atom stereocenters. The molecule has 11 nitrogen and oxygen atoms in total. The Kier molecular flexibility index (Phi) is 10.4. The number of ether oxygens (including phenoxy) is 1. The summed E-state index contributed by atoms with van der Waals surface area (Å²) in [6, 6.07) is 9.98. The number of carbonyl (C=O) groups excluding carboxylic acids is 1. The highest BCUT2D eigenvalue weighted by molar-refractivity contribution is 7.80. The maximum Gasteiger partial charge on any atom is 0.225 e. The van der Waals surface area contributed by atoms with Crippen LogP contribution in [0.5, 0.6) is 5.75 Å². The lowest BCUT2D eigenvalue weighted by Crippen LogP contribution is -2.53. The molecule has 262 valence electrons. The van der Waals surface area contributed by atoms with Gasteiger partial charge in [0.25, 0.3) is 0 Å². The van der Waals surface area contributed by atoms with E-state index in [0.29, 0.717) is 59.1 Å². The molecule has 4 fully saturated rings. The second-order valence-electron chi connectivity index (χ2n) is 13.2. The smallest absolute Gasteiger partial charge is 0.225 e. The van der Waals surface area contributed by atoms with E-state index in [9.17, 15) is 13.6 Å². The van der Waals surface area contributed by atoms with E-state index < -0.39 is 17.7 Å². The standard InChI is InChI=1S/C35H44F2N8O3S/c1-47-32-20-31(44-8-4-27(5-9-44)43-12-10-42(11-13-43)26-2-3-26)28(41-35(46)7-15-49)19-29(32)40-33-21-34(39-22-38-33)45-30(6-14-48-45)23-16-24(36)18-25(37)17-23/h16-22,26-27,30,49H,2-15H2,1H3,(H,41,46)(H,38,39,40)/t30-/m1/s1. The minimum atomic E-state index is -0.647. The number of piperidine rings is 1. The molecule has 1 atom stereocenters. The third-order valence-electron chi connectivity index (χ3n) is 9.98. The van der Waals surface area contributed by atoms with Gasteiger partial charge in [-0.2, -0.15) is 12.6 Å². The molecule has 1 amide bonds. The van der Waals surface area contributed by atoms with Gasteiger partial charge in [-0.1, -0.05) is 0 Å². The van der Waals surface area contributed by atoms with Crippen LogP contribution in [0.1, 0.15) is 50.1 Å². The molecule has 1 aliphatic carbocycles. The van der Waals surface area contributed by atoms with Crippen LogP contribution in [0, 0.1) is 11.6 Å². The van der Waals surface area contributed by atoms with Crippen molar-refractivity contribution in [2.45, 2.75) is 56.7 Å². The zero-order valence-corrected chi connectivity index (χ0v) is 28.7. The molecule has 7 rings (SSSR count). The number of methoxy groups -OCH3 is 1. The highest BCUT2D eigenvalue weighted by atomic mass is 32.1. The number of halogens is 2. The minimum Gasteiger partial charge on any atom is -0.494 e. The lowest BCUT2D eigenvalue weighted by molar-refractivity contribution is -0.115. The molecule has 3 aromatic rings. The number of aromatic nitrogens is 2. The normalized spacial score (nSPS) is 20.9. The summed E-state index contributed by atoms with van der Waals surface area (Å²) in [5.74, 6) is 0.494. The first-order valence-electron chi connectivity index (χ1n) is 17.2. The predicted octanol–water partition coefficient (Wildman–Crippen LogP) is 5.40. The Balaban J connectivity index is 1.09. The van der Waals surface area contributed by atoms with E-state index in [1.165, 1.54) is 44.4 Å². The molecule has 14 heteroatoms. The van der Waals surface area contributed by atoms with Crippen LogP contribution in [-0.2, 0) is 9.63 Å². The van der Waals surface area contributed by atoms with E-state index >= 15 is 0 Å². The zero-order valence-electron chi connectivity index (χ0n) is 27.8. The summed E-state index contributed by atoms with van der Waals surface area (Å²) in [4.78, 5) is 35.2. The number of hydroxylamine groups is 1. The topological polar surface area (TPSA) is 98.3 Å². The monoisotopic (exact) mass is 694 g/mol. The van der Waals surface area contributed by atoms with Crippen LogP contribution in [0.3, 0.4) is 0 Å². The second-order valence-corrected chi connectivity index (χ2v) is 13.6. The Bertz CT molecular complexity index is 1610. The average molecular weight is 695 g/mol. The fourth-order valence-electron chi connectivity index (χ4n) is 7.33. The van der Waals surface area contributed by atoms with Crippen molar-refractivity contribution in [3.63, 3.8) is 0 Å². The number of anilines is 5. The highest BCUT2D eigenvalue weighted by Crippen LogP contribution is 2.41. The number of thiol groups is 1. The molecule has 1 saturated carbocycles. The quantitative estimate of drug-likeness (QED) is 0.227. The summed E-state index contributed by atoms with van der Waals surface area (Å²) in [6.07, 6.45) is 7.05. The van der Waals surface area contributed by atoms with E-state index in [1.54, 1.807) is 18.2 Å². The summed E-state index contributed by atoms with van der Waals surface area (Å²) in [5, 5.41) is 7.99. The Hall–Kier alpha value is -3.72. The van der Waals surface area contributed by atoms with Gasteiger partial charge in [-0.25, -0.2) is 23.8 Å². The lowest BCUT2D eigenvalue weighted by atomic mass is 10.0. The molecule has 0 bridgehead atoms. The first-order chi connectivity index (χ1) is 23.9. The molecule has 2 N–H and O–H groups in total. The van der Waals surface area contributed by atoms with Crippen molar-refractivity contribution in [1.82, 2.24) is 19.8 Å². The van der Waals surface area contributed by atoms with Gasteiger partial charge in [-0.05, 0) is 55.2 Å². The number of benzene rings is 2. The summed E-state index contributed by atoms with van der Waals surface area (Å²) in [7, 11) is 1.61. The molecule has 49 heavy (non-hydrogen) atoms. The number of hydrogen-bond donors (Lipinski definition) is 3. The van der Waals surface area contributed by atoms with Gasteiger partial charge < -0.3 is 20.3 Å². The number of hydrogen-bond acceptors (Lipinski definition) is 11. The molecule has 4 aliphatic rings. The van der Waals surface area contributed by atoms with Crippen LogP contribution >= 0.6 is 12.6 Å². The summed E-state index contributed by atoms with van der Waals surface area (Å²) < 4.78 is 33.9. The first-order valence-corrected chi connectivity index (χ1v) is 17.8. The van der Waals surface area contributed by atoms with Crippen molar-refractivity contribution in [2.75, 3.05) is 79.3 Å². The number of nitrogens with one attached hydrogen (secondary N) is 2. The number of amides is 1. The predicted molar refractivity (Wildman–Crippen MR) is 189 cm³/mol. The Morgan fingerprint density at radius 2 is 1.59 bits per heavy atom. The molecule has 1 aromatic heterocycles. The maximum atomic E-state index is 14.0. The zero-order chi connectivity index (χ0) is 33.9. The Morgan fingerprint density at radius 1 is 0.898 bits per heavy atom. The number of rotatable bonds is 11. The van der Waals surface area contributed by atoms with Crippen LogP contribution in [0.15, 0.2) is 42.7 Å². The maximum absolute atomic E-state index is 14.0. The summed E-state index contributed by atoms with van der Waals surface area (Å²) >= 11 is 4.26. The van der Waals surface area contributed by atoms with Crippen molar-refractivity contribution >= 4 is 47.2 Å². The SMILES string of the molecule is COc1cc(N2CCC(N3CCN(C4CC4)CC3)CC2)c(NC(=O)CCS)cc1Nc1cc(N2OCC[C@@H]2c2cc(F)cc(F)c2)ncn1. The van der Waals surface area contributed by atoms with Gasteiger partial charge in [-0.3, -0.25) is 19.4 Å². The van der Waals surface area contributed by atoms with Crippen LogP contribution in [0.2, 0.25) is 0 Å². The van der Waals surface area contributed by atoms with Gasteiger partial charge in [0, 0.05) is 82.4 Å². The first kappa shape index (κ1) is 33.8.